The first kappa shape index (κ1) is 9.98. The van der Waals surface area contributed by atoms with Gasteiger partial charge >= 0.3 is 0 Å². The number of alkyl halides is 1. The molecule has 0 aromatic heterocycles. The number of carbonyl (C=O) groups excluding carboxylic acids is 1. The minimum Gasteiger partial charge on any atom is -0.366 e. The number of carbonyl (C=O) groups is 1. The van der Waals surface area contributed by atoms with E-state index in [1.165, 1.54) is 0 Å². The Morgan fingerprint density at radius 1 is 1.50 bits per heavy atom. The van der Waals surface area contributed by atoms with Gasteiger partial charge in [0.1, 0.15) is 0 Å². The molecule has 0 heterocycles. The number of halogens is 2. The van der Waals surface area contributed by atoms with Crippen LogP contribution in [-0.4, -0.2) is 5.91 Å². The van der Waals surface area contributed by atoms with Gasteiger partial charge in [0, 0.05) is 14.5 Å². The van der Waals surface area contributed by atoms with Crippen LogP contribution in [0.1, 0.15) is 15.9 Å². The minimum atomic E-state index is -0.387. The van der Waals surface area contributed by atoms with Crippen LogP contribution in [0, 0.1) is 0 Å². The first-order valence-electron chi connectivity index (χ1n) is 3.28. The maximum Gasteiger partial charge on any atom is 0.248 e. The summed E-state index contributed by atoms with van der Waals surface area (Å²) in [7, 11) is 0. The van der Waals surface area contributed by atoms with Crippen molar-refractivity contribution in [1.29, 1.82) is 0 Å². The van der Waals surface area contributed by atoms with Crippen molar-refractivity contribution >= 4 is 44.4 Å². The summed E-state index contributed by atoms with van der Waals surface area (Å²) in [6.07, 6.45) is 0. The zero-order chi connectivity index (χ0) is 9.14. The molecule has 0 saturated heterocycles. The number of hydrogen-bond acceptors (Lipinski definition) is 1. The third kappa shape index (κ3) is 2.45. The Morgan fingerprint density at radius 2 is 2.17 bits per heavy atom. The van der Waals surface area contributed by atoms with Gasteiger partial charge in [-0.05, 0) is 23.8 Å². The second-order valence-corrected chi connectivity index (χ2v) is 4.02. The van der Waals surface area contributed by atoms with E-state index in [0.29, 0.717) is 5.56 Å². The normalized spacial score (nSPS) is 9.83. The Labute approximate surface area is 92.8 Å². The molecular weight excluding hydrogens is 333 g/mol. The lowest BCUT2D eigenvalue weighted by Crippen LogP contribution is -2.11. The van der Waals surface area contributed by atoms with Gasteiger partial charge in [0.15, 0.2) is 0 Å². The molecule has 0 spiro atoms. The van der Waals surface area contributed by atoms with Crippen LogP contribution in [0.3, 0.4) is 0 Å². The molecule has 0 bridgehead atoms. The molecule has 1 aromatic carbocycles. The molecule has 0 aliphatic rings. The van der Waals surface area contributed by atoms with Crippen molar-refractivity contribution < 1.29 is 4.79 Å². The van der Waals surface area contributed by atoms with Gasteiger partial charge in [-0.3, -0.25) is 4.79 Å². The second kappa shape index (κ2) is 4.23. The van der Waals surface area contributed by atoms with Crippen LogP contribution in [0.2, 0.25) is 0 Å². The number of nitrogens with two attached hydrogens (primary N) is 1. The van der Waals surface area contributed by atoms with Crippen LogP contribution in [0.4, 0.5) is 0 Å². The molecule has 64 valence electrons. The minimum absolute atomic E-state index is 0.387. The van der Waals surface area contributed by atoms with E-state index >= 15 is 0 Å². The Bertz CT molecular complexity index is 314. The van der Waals surface area contributed by atoms with E-state index in [4.69, 9.17) is 5.73 Å². The molecule has 2 N–H and O–H groups in total. The second-order valence-electron chi connectivity index (χ2n) is 2.35. The van der Waals surface area contributed by atoms with E-state index in [1.54, 1.807) is 12.1 Å². The van der Waals surface area contributed by atoms with Gasteiger partial charge < -0.3 is 5.73 Å². The number of benzene rings is 1. The zero-order valence-corrected chi connectivity index (χ0v) is 9.92. The van der Waals surface area contributed by atoms with Crippen LogP contribution in [-0.2, 0) is 4.43 Å². The third-order valence-corrected chi connectivity index (χ3v) is 2.74. The van der Waals surface area contributed by atoms with Gasteiger partial charge in [-0.1, -0.05) is 38.5 Å². The zero-order valence-electron chi connectivity index (χ0n) is 6.18. The average Bonchev–Trinajstić information content (AvgIpc) is 2.03. The maximum atomic E-state index is 10.8. The maximum absolute atomic E-state index is 10.8. The van der Waals surface area contributed by atoms with Crippen LogP contribution in [0.25, 0.3) is 0 Å². The quantitative estimate of drug-likeness (QED) is 0.653. The largest absolute Gasteiger partial charge is 0.366 e. The van der Waals surface area contributed by atoms with Gasteiger partial charge in [-0.25, -0.2) is 0 Å². The molecule has 2 nitrogen and oxygen atoms in total. The standard InChI is InChI=1S/C8H7BrINO/c9-7-2-5(4-10)1-6(3-7)8(11)12/h1-3H,4H2,(H2,11,12). The monoisotopic (exact) mass is 339 g/mol. The fraction of sp³-hybridized carbons (Fsp3) is 0.125. The fourth-order valence-corrected chi connectivity index (χ4v) is 1.85. The first-order valence-corrected chi connectivity index (χ1v) is 5.60. The summed E-state index contributed by atoms with van der Waals surface area (Å²) < 4.78 is 1.77. The molecule has 4 heteroatoms. The van der Waals surface area contributed by atoms with Crippen molar-refractivity contribution in [1.82, 2.24) is 0 Å². The van der Waals surface area contributed by atoms with Crippen LogP contribution < -0.4 is 5.73 Å². The number of rotatable bonds is 2. The van der Waals surface area contributed by atoms with Crippen molar-refractivity contribution in [3.63, 3.8) is 0 Å². The Kier molecular flexibility index (Phi) is 3.52. The lowest BCUT2D eigenvalue weighted by Gasteiger charge is -2.00. The van der Waals surface area contributed by atoms with Gasteiger partial charge in [-0.15, -0.1) is 0 Å². The Balaban J connectivity index is 3.15. The fourth-order valence-electron chi connectivity index (χ4n) is 0.870. The summed E-state index contributed by atoms with van der Waals surface area (Å²) in [5.74, 6) is -0.387. The highest BCUT2D eigenvalue weighted by molar-refractivity contribution is 14.1. The molecule has 0 aliphatic heterocycles. The molecule has 1 rings (SSSR count). The Hall–Kier alpha value is -0.100. The molecule has 0 fully saturated rings. The predicted octanol–water partition coefficient (Wildman–Crippen LogP) is 2.48. The van der Waals surface area contributed by atoms with E-state index in [2.05, 4.69) is 38.5 Å². The summed E-state index contributed by atoms with van der Waals surface area (Å²) >= 11 is 5.55. The molecule has 1 aromatic rings. The molecular formula is C8H7BrINO. The molecule has 0 radical (unpaired) electrons. The van der Waals surface area contributed by atoms with Gasteiger partial charge in [0.25, 0.3) is 0 Å². The van der Waals surface area contributed by atoms with Gasteiger partial charge in [0.2, 0.25) is 5.91 Å². The van der Waals surface area contributed by atoms with Crippen molar-refractivity contribution in [2.75, 3.05) is 0 Å². The lowest BCUT2D eigenvalue weighted by atomic mass is 10.1. The smallest absolute Gasteiger partial charge is 0.248 e. The van der Waals surface area contributed by atoms with Crippen LogP contribution >= 0.6 is 38.5 Å². The SMILES string of the molecule is NC(=O)c1cc(Br)cc(CI)c1. The number of primary amides is 1. The van der Waals surface area contributed by atoms with Crippen molar-refractivity contribution in [3.8, 4) is 0 Å². The Morgan fingerprint density at radius 3 is 2.67 bits per heavy atom. The van der Waals surface area contributed by atoms with E-state index in [-0.39, 0.29) is 5.91 Å². The number of amides is 1. The van der Waals surface area contributed by atoms with Crippen molar-refractivity contribution in [2.45, 2.75) is 4.43 Å². The molecule has 0 atom stereocenters. The highest BCUT2D eigenvalue weighted by Gasteiger charge is 2.02. The predicted molar refractivity (Wildman–Crippen MR) is 60.4 cm³/mol. The average molecular weight is 340 g/mol. The van der Waals surface area contributed by atoms with E-state index in [0.717, 1.165) is 14.5 Å². The number of hydrogen-bond donors (Lipinski definition) is 1. The third-order valence-electron chi connectivity index (χ3n) is 1.40. The molecule has 0 aliphatic carbocycles. The van der Waals surface area contributed by atoms with Crippen LogP contribution in [0.5, 0.6) is 0 Å². The summed E-state index contributed by atoms with van der Waals surface area (Å²) in [4.78, 5) is 10.8. The van der Waals surface area contributed by atoms with Crippen molar-refractivity contribution in [2.24, 2.45) is 5.73 Å². The van der Waals surface area contributed by atoms with Gasteiger partial charge in [-0.2, -0.15) is 0 Å². The topological polar surface area (TPSA) is 43.1 Å². The summed E-state index contributed by atoms with van der Waals surface area (Å²) in [5.41, 5.74) is 6.79. The highest BCUT2D eigenvalue weighted by Crippen LogP contribution is 2.17. The van der Waals surface area contributed by atoms with E-state index in [9.17, 15) is 4.79 Å². The van der Waals surface area contributed by atoms with Gasteiger partial charge in [0.05, 0.1) is 0 Å². The summed E-state index contributed by atoms with van der Waals surface area (Å²) in [5, 5.41) is 0. The van der Waals surface area contributed by atoms with Crippen molar-refractivity contribution in [3.05, 3.63) is 33.8 Å². The van der Waals surface area contributed by atoms with E-state index in [1.807, 2.05) is 6.07 Å². The molecule has 1 amide bonds. The molecule has 0 unspecified atom stereocenters. The van der Waals surface area contributed by atoms with Crippen LogP contribution in [0.15, 0.2) is 22.7 Å². The lowest BCUT2D eigenvalue weighted by molar-refractivity contribution is 0.1000. The highest BCUT2D eigenvalue weighted by atomic mass is 127. The summed E-state index contributed by atoms with van der Waals surface area (Å²) in [6.45, 7) is 0. The summed E-state index contributed by atoms with van der Waals surface area (Å²) in [6, 6.07) is 5.50. The van der Waals surface area contributed by atoms with E-state index < -0.39 is 0 Å². The molecule has 0 saturated carbocycles. The molecule has 12 heavy (non-hydrogen) atoms. The first-order chi connectivity index (χ1) is 5.63.